The normalized spacial score (nSPS) is 10.6. The van der Waals surface area contributed by atoms with Gasteiger partial charge in [-0.2, -0.15) is 14.0 Å². The molecule has 2 heterocycles. The van der Waals surface area contributed by atoms with Gasteiger partial charge >= 0.3 is 6.61 Å². The molecule has 1 amide bonds. The van der Waals surface area contributed by atoms with Crippen molar-refractivity contribution in [2.45, 2.75) is 11.8 Å². The van der Waals surface area contributed by atoms with Crippen LogP contribution in [0.5, 0.6) is 5.75 Å². The molecule has 0 bridgehead atoms. The molecule has 0 saturated heterocycles. The zero-order valence-electron chi connectivity index (χ0n) is 14.0. The first-order chi connectivity index (χ1) is 13.5. The Labute approximate surface area is 165 Å². The number of nitriles is 1. The molecule has 1 aromatic carbocycles. The molecular formula is C16H12F2N6O2S2. The molecule has 3 aromatic rings. The molecule has 0 atom stereocenters. The molecule has 3 rings (SSSR count). The number of nitrogen functional groups attached to an aromatic ring is 1. The Morgan fingerprint density at radius 2 is 2.11 bits per heavy atom. The lowest BCUT2D eigenvalue weighted by Gasteiger charge is -2.06. The second kappa shape index (κ2) is 8.68. The summed E-state index contributed by atoms with van der Waals surface area (Å²) in [6.45, 7) is -2.91. The highest BCUT2D eigenvalue weighted by molar-refractivity contribution is 7.99. The number of carbonyl (C=O) groups excluding carboxylic acids is 1. The summed E-state index contributed by atoms with van der Waals surface area (Å²) in [5, 5.41) is 22.0. The Kier molecular flexibility index (Phi) is 6.07. The number of halogens is 2. The lowest BCUT2D eigenvalue weighted by molar-refractivity contribution is -0.113. The van der Waals surface area contributed by atoms with Crippen LogP contribution < -0.4 is 15.9 Å². The van der Waals surface area contributed by atoms with Gasteiger partial charge in [-0.15, -0.1) is 21.5 Å². The Morgan fingerprint density at radius 3 is 2.79 bits per heavy atom. The minimum atomic E-state index is -2.91. The summed E-state index contributed by atoms with van der Waals surface area (Å²) in [4.78, 5) is 12.1. The quantitative estimate of drug-likeness (QED) is 0.444. The zero-order valence-corrected chi connectivity index (χ0v) is 15.6. The van der Waals surface area contributed by atoms with Crippen molar-refractivity contribution in [3.05, 3.63) is 41.3 Å². The van der Waals surface area contributed by atoms with Crippen LogP contribution in [0.25, 0.3) is 11.4 Å². The number of benzene rings is 1. The molecule has 0 saturated carbocycles. The van der Waals surface area contributed by atoms with Crippen LogP contribution >= 0.6 is 23.1 Å². The van der Waals surface area contributed by atoms with Crippen molar-refractivity contribution in [1.82, 2.24) is 14.9 Å². The van der Waals surface area contributed by atoms with Gasteiger partial charge in [0.2, 0.25) is 11.1 Å². The van der Waals surface area contributed by atoms with Gasteiger partial charge in [0, 0.05) is 5.56 Å². The molecule has 0 aliphatic carbocycles. The Balaban J connectivity index is 1.63. The van der Waals surface area contributed by atoms with E-state index >= 15 is 0 Å². The van der Waals surface area contributed by atoms with Crippen LogP contribution in [0.15, 0.2) is 40.9 Å². The average Bonchev–Trinajstić information content (AvgIpc) is 3.26. The number of carbonyl (C=O) groups is 1. The van der Waals surface area contributed by atoms with Crippen LogP contribution in [-0.4, -0.2) is 33.1 Å². The number of thiophene rings is 1. The summed E-state index contributed by atoms with van der Waals surface area (Å²) >= 11 is 2.32. The van der Waals surface area contributed by atoms with Gasteiger partial charge < -0.3 is 15.9 Å². The summed E-state index contributed by atoms with van der Waals surface area (Å²) in [5.41, 5.74) is 0.942. The number of nitrogens with one attached hydrogen (secondary N) is 1. The summed E-state index contributed by atoms with van der Waals surface area (Å²) in [6, 6.07) is 9.38. The molecule has 8 nitrogen and oxygen atoms in total. The summed E-state index contributed by atoms with van der Waals surface area (Å²) < 4.78 is 29.9. The van der Waals surface area contributed by atoms with Crippen LogP contribution in [0.4, 0.5) is 13.8 Å². The number of thioether (sulfide) groups is 1. The van der Waals surface area contributed by atoms with Gasteiger partial charge in [-0.3, -0.25) is 4.79 Å². The second-order valence-corrected chi connectivity index (χ2v) is 7.05. The molecule has 0 radical (unpaired) electrons. The van der Waals surface area contributed by atoms with E-state index in [2.05, 4.69) is 20.3 Å². The summed E-state index contributed by atoms with van der Waals surface area (Å²) in [6.07, 6.45) is 0. The molecule has 144 valence electrons. The first-order valence-electron chi connectivity index (χ1n) is 7.64. The van der Waals surface area contributed by atoms with E-state index in [-0.39, 0.29) is 17.4 Å². The van der Waals surface area contributed by atoms with Crippen molar-refractivity contribution >= 4 is 34.0 Å². The van der Waals surface area contributed by atoms with E-state index in [0.717, 1.165) is 11.8 Å². The monoisotopic (exact) mass is 422 g/mol. The van der Waals surface area contributed by atoms with Crippen LogP contribution in [0.3, 0.4) is 0 Å². The van der Waals surface area contributed by atoms with Crippen molar-refractivity contribution in [2.75, 3.05) is 16.9 Å². The number of hydrogen-bond acceptors (Lipinski definition) is 8. The topological polar surface area (TPSA) is 119 Å². The van der Waals surface area contributed by atoms with Crippen molar-refractivity contribution in [3.63, 3.8) is 0 Å². The fourth-order valence-electron chi connectivity index (χ4n) is 2.14. The third-order valence-corrected chi connectivity index (χ3v) is 5.15. The Morgan fingerprint density at radius 1 is 1.36 bits per heavy atom. The minimum absolute atomic E-state index is 0.0124. The van der Waals surface area contributed by atoms with E-state index in [1.54, 1.807) is 11.4 Å². The number of rotatable bonds is 7. The molecule has 3 N–H and O–H groups in total. The average molecular weight is 422 g/mol. The highest BCUT2D eigenvalue weighted by Gasteiger charge is 2.15. The third kappa shape index (κ3) is 4.56. The number of alkyl halides is 2. The SMILES string of the molecule is N#Cc1ccsc1NC(=O)CSc1nnc(-c2ccc(OC(F)F)cc2)n1N. The lowest BCUT2D eigenvalue weighted by atomic mass is 10.2. The van der Waals surface area contributed by atoms with Gasteiger partial charge in [0.25, 0.3) is 0 Å². The molecule has 12 heteroatoms. The number of hydrogen-bond donors (Lipinski definition) is 2. The maximum Gasteiger partial charge on any atom is 0.387 e. The van der Waals surface area contributed by atoms with Crippen molar-refractivity contribution in [1.29, 1.82) is 5.26 Å². The van der Waals surface area contributed by atoms with Crippen molar-refractivity contribution in [2.24, 2.45) is 0 Å². The summed E-state index contributed by atoms with van der Waals surface area (Å²) in [7, 11) is 0. The highest BCUT2D eigenvalue weighted by Crippen LogP contribution is 2.25. The lowest BCUT2D eigenvalue weighted by Crippen LogP contribution is -2.16. The van der Waals surface area contributed by atoms with Gasteiger partial charge in [0.05, 0.1) is 11.3 Å². The molecule has 28 heavy (non-hydrogen) atoms. The Bertz CT molecular complexity index is 1010. The van der Waals surface area contributed by atoms with Gasteiger partial charge in [-0.25, -0.2) is 4.68 Å². The van der Waals surface area contributed by atoms with Crippen LogP contribution in [0, 0.1) is 11.3 Å². The molecule has 2 aromatic heterocycles. The first-order valence-corrected chi connectivity index (χ1v) is 9.50. The highest BCUT2D eigenvalue weighted by atomic mass is 32.2. The van der Waals surface area contributed by atoms with Crippen LogP contribution in [0.2, 0.25) is 0 Å². The predicted octanol–water partition coefficient (Wildman–Crippen LogP) is 2.92. The molecule has 0 aliphatic rings. The maximum atomic E-state index is 12.2. The molecule has 0 fully saturated rings. The fourth-order valence-corrected chi connectivity index (χ4v) is 3.55. The van der Waals surface area contributed by atoms with Gasteiger partial charge in [0.15, 0.2) is 5.82 Å². The number of aromatic nitrogens is 3. The number of amides is 1. The van der Waals surface area contributed by atoms with Crippen LogP contribution in [0.1, 0.15) is 5.56 Å². The van der Waals surface area contributed by atoms with Crippen molar-refractivity contribution in [3.8, 4) is 23.2 Å². The second-order valence-electron chi connectivity index (χ2n) is 5.19. The van der Waals surface area contributed by atoms with E-state index in [4.69, 9.17) is 11.1 Å². The number of nitrogens with zero attached hydrogens (tertiary/aromatic N) is 4. The largest absolute Gasteiger partial charge is 0.435 e. The molecule has 0 unspecified atom stereocenters. The molecular weight excluding hydrogens is 410 g/mol. The Hall–Kier alpha value is -3.17. The standard InChI is InChI=1S/C16H12F2N6O2S2/c17-15(18)26-11-3-1-9(2-4-11)13-22-23-16(24(13)20)28-8-12(25)21-14-10(7-19)5-6-27-14/h1-6,15H,8,20H2,(H,21,25). The number of nitrogens with two attached hydrogens (primary N) is 1. The molecule has 0 aliphatic heterocycles. The minimum Gasteiger partial charge on any atom is -0.435 e. The van der Waals surface area contributed by atoms with E-state index < -0.39 is 6.61 Å². The van der Waals surface area contributed by atoms with E-state index in [0.29, 0.717) is 27.1 Å². The van der Waals surface area contributed by atoms with Gasteiger partial charge in [-0.1, -0.05) is 11.8 Å². The summed E-state index contributed by atoms with van der Waals surface area (Å²) in [5.74, 6) is 5.98. The molecule has 0 spiro atoms. The third-order valence-electron chi connectivity index (χ3n) is 3.37. The smallest absolute Gasteiger partial charge is 0.387 e. The number of ether oxygens (including phenoxy) is 1. The van der Waals surface area contributed by atoms with Crippen LogP contribution in [-0.2, 0) is 4.79 Å². The predicted molar refractivity (Wildman–Crippen MR) is 101 cm³/mol. The maximum absolute atomic E-state index is 12.2. The number of anilines is 1. The first kappa shape index (κ1) is 19.6. The van der Waals surface area contributed by atoms with Crippen molar-refractivity contribution < 1.29 is 18.3 Å². The van der Waals surface area contributed by atoms with Gasteiger partial charge in [0.1, 0.15) is 16.8 Å². The fraction of sp³-hybridized carbons (Fsp3) is 0.125. The van der Waals surface area contributed by atoms with Gasteiger partial charge in [-0.05, 0) is 35.7 Å². The van der Waals surface area contributed by atoms with E-state index in [1.165, 1.54) is 40.3 Å². The zero-order chi connectivity index (χ0) is 20.1. The van der Waals surface area contributed by atoms with E-state index in [1.807, 2.05) is 6.07 Å². The van der Waals surface area contributed by atoms with E-state index in [9.17, 15) is 13.6 Å².